The van der Waals surface area contributed by atoms with Crippen molar-refractivity contribution < 1.29 is 13.2 Å². The van der Waals surface area contributed by atoms with Crippen molar-refractivity contribution in [3.05, 3.63) is 29.8 Å². The second-order valence-corrected chi connectivity index (χ2v) is 7.28. The van der Waals surface area contributed by atoms with Gasteiger partial charge in [0, 0.05) is 19.8 Å². The zero-order chi connectivity index (χ0) is 14.4. The number of rotatable bonds is 7. The number of ether oxygens (including phenoxy) is 1. The topological polar surface area (TPSA) is 55.4 Å². The molecule has 1 unspecified atom stereocenters. The van der Waals surface area contributed by atoms with Gasteiger partial charge in [-0.05, 0) is 43.9 Å². The van der Waals surface area contributed by atoms with E-state index in [1.54, 1.807) is 19.2 Å². The van der Waals surface area contributed by atoms with Crippen LogP contribution in [0.3, 0.4) is 0 Å². The fraction of sp³-hybridized carbons (Fsp3) is 0.600. The fourth-order valence-electron chi connectivity index (χ4n) is 2.63. The quantitative estimate of drug-likeness (QED) is 0.785. The molecule has 1 aliphatic heterocycles. The van der Waals surface area contributed by atoms with Crippen LogP contribution >= 0.6 is 0 Å². The van der Waals surface area contributed by atoms with Crippen LogP contribution in [0.2, 0.25) is 0 Å². The molecule has 2 rings (SSSR count). The molecule has 0 saturated carbocycles. The van der Waals surface area contributed by atoms with Crippen LogP contribution in [-0.2, 0) is 14.6 Å². The van der Waals surface area contributed by atoms with Crippen molar-refractivity contribution in [3.8, 4) is 0 Å². The Morgan fingerprint density at radius 3 is 2.85 bits per heavy atom. The predicted molar refractivity (Wildman–Crippen MR) is 79.6 cm³/mol. The first-order chi connectivity index (χ1) is 9.65. The Kier molecular flexibility index (Phi) is 5.57. The molecule has 0 amide bonds. The zero-order valence-corrected chi connectivity index (χ0v) is 12.8. The maximum Gasteiger partial charge on any atom is 0.178 e. The molecule has 0 radical (unpaired) electrons. The summed E-state index contributed by atoms with van der Waals surface area (Å²) in [5.74, 6) is 0.241. The van der Waals surface area contributed by atoms with E-state index >= 15 is 0 Å². The smallest absolute Gasteiger partial charge is 0.178 e. The third-order valence-electron chi connectivity index (χ3n) is 3.72. The van der Waals surface area contributed by atoms with Gasteiger partial charge in [-0.2, -0.15) is 0 Å². The molecule has 4 nitrogen and oxygen atoms in total. The minimum Gasteiger partial charge on any atom is -0.385 e. The number of hydrogen-bond acceptors (Lipinski definition) is 4. The van der Waals surface area contributed by atoms with E-state index in [9.17, 15) is 8.42 Å². The minimum absolute atomic E-state index is 0.164. The summed E-state index contributed by atoms with van der Waals surface area (Å²) in [5, 5.41) is 3.49. The summed E-state index contributed by atoms with van der Waals surface area (Å²) in [6, 6.07) is 7.51. The average Bonchev–Trinajstić information content (AvgIpc) is 2.45. The van der Waals surface area contributed by atoms with Crippen LogP contribution in [-0.4, -0.2) is 34.4 Å². The van der Waals surface area contributed by atoms with Crippen LogP contribution in [0.5, 0.6) is 0 Å². The number of methoxy groups -OCH3 is 1. The summed E-state index contributed by atoms with van der Waals surface area (Å²) >= 11 is 0. The van der Waals surface area contributed by atoms with Crippen LogP contribution in [0.25, 0.3) is 0 Å². The molecule has 1 N–H and O–H groups in total. The minimum atomic E-state index is -3.07. The van der Waals surface area contributed by atoms with Crippen molar-refractivity contribution in [2.45, 2.75) is 36.6 Å². The van der Waals surface area contributed by atoms with E-state index in [2.05, 4.69) is 5.32 Å². The Morgan fingerprint density at radius 2 is 2.05 bits per heavy atom. The van der Waals surface area contributed by atoms with E-state index in [1.807, 2.05) is 12.1 Å². The van der Waals surface area contributed by atoms with Crippen LogP contribution < -0.4 is 5.32 Å². The van der Waals surface area contributed by atoms with E-state index in [0.717, 1.165) is 38.0 Å². The molecule has 1 aromatic rings. The molecule has 0 aliphatic carbocycles. The highest BCUT2D eigenvalue weighted by molar-refractivity contribution is 7.91. The lowest BCUT2D eigenvalue weighted by molar-refractivity contribution is 0.192. The van der Waals surface area contributed by atoms with Crippen molar-refractivity contribution in [1.82, 2.24) is 5.32 Å². The standard InChI is InChI=1S/C15H23NO3S/c1-19-11-6-2-5-10-16-14-9-12-20(17,18)15-8-4-3-7-13(14)15/h3-4,7-8,14,16H,2,5-6,9-12H2,1H3. The predicted octanol–water partition coefficient (Wildman–Crippen LogP) is 2.31. The maximum atomic E-state index is 12.0. The molecular formula is C15H23NO3S. The van der Waals surface area contributed by atoms with Crippen LogP contribution in [0.15, 0.2) is 29.2 Å². The van der Waals surface area contributed by atoms with Gasteiger partial charge in [-0.1, -0.05) is 18.2 Å². The molecule has 1 aromatic carbocycles. The molecule has 0 spiro atoms. The van der Waals surface area contributed by atoms with E-state index in [-0.39, 0.29) is 11.8 Å². The van der Waals surface area contributed by atoms with E-state index < -0.39 is 9.84 Å². The Hall–Kier alpha value is -0.910. The van der Waals surface area contributed by atoms with E-state index in [1.165, 1.54) is 0 Å². The first-order valence-corrected chi connectivity index (χ1v) is 8.84. The Balaban J connectivity index is 1.91. The summed E-state index contributed by atoms with van der Waals surface area (Å²) in [6.07, 6.45) is 3.97. The lowest BCUT2D eigenvalue weighted by atomic mass is 10.0. The SMILES string of the molecule is COCCCCCNC1CCS(=O)(=O)c2ccccc21. The van der Waals surface area contributed by atoms with Crippen LogP contribution in [0.4, 0.5) is 0 Å². The molecule has 1 heterocycles. The van der Waals surface area contributed by atoms with Gasteiger partial charge >= 0.3 is 0 Å². The molecule has 112 valence electrons. The highest BCUT2D eigenvalue weighted by Gasteiger charge is 2.29. The van der Waals surface area contributed by atoms with Crippen LogP contribution in [0, 0.1) is 0 Å². The Labute approximate surface area is 121 Å². The third-order valence-corrected chi connectivity index (χ3v) is 5.54. The largest absolute Gasteiger partial charge is 0.385 e. The Bertz CT molecular complexity index is 528. The van der Waals surface area contributed by atoms with Crippen LogP contribution in [0.1, 0.15) is 37.3 Å². The molecule has 5 heteroatoms. The van der Waals surface area contributed by atoms with Gasteiger partial charge in [-0.3, -0.25) is 0 Å². The molecule has 0 fully saturated rings. The normalized spacial score (nSPS) is 20.6. The van der Waals surface area contributed by atoms with Gasteiger partial charge in [0.05, 0.1) is 10.6 Å². The molecule has 1 atom stereocenters. The second-order valence-electron chi connectivity index (χ2n) is 5.21. The summed E-state index contributed by atoms with van der Waals surface area (Å²) in [5.41, 5.74) is 0.927. The van der Waals surface area contributed by atoms with Gasteiger partial charge in [0.1, 0.15) is 0 Å². The number of fused-ring (bicyclic) bond motifs is 1. The van der Waals surface area contributed by atoms with Gasteiger partial charge in [0.25, 0.3) is 0 Å². The number of unbranched alkanes of at least 4 members (excludes halogenated alkanes) is 2. The van der Waals surface area contributed by atoms with Gasteiger partial charge in [-0.25, -0.2) is 8.42 Å². The Morgan fingerprint density at radius 1 is 1.25 bits per heavy atom. The molecule has 0 aromatic heterocycles. The summed E-state index contributed by atoms with van der Waals surface area (Å²) in [6.45, 7) is 1.73. The average molecular weight is 297 g/mol. The lowest BCUT2D eigenvalue weighted by Crippen LogP contribution is -2.30. The fourth-order valence-corrected chi connectivity index (χ4v) is 4.25. The molecule has 0 bridgehead atoms. The highest BCUT2D eigenvalue weighted by Crippen LogP contribution is 2.31. The first kappa shape index (κ1) is 15.5. The zero-order valence-electron chi connectivity index (χ0n) is 12.0. The van der Waals surface area contributed by atoms with Gasteiger partial charge in [-0.15, -0.1) is 0 Å². The first-order valence-electron chi connectivity index (χ1n) is 7.19. The van der Waals surface area contributed by atoms with E-state index in [4.69, 9.17) is 4.74 Å². The van der Waals surface area contributed by atoms with Crippen molar-refractivity contribution in [1.29, 1.82) is 0 Å². The van der Waals surface area contributed by atoms with Gasteiger partial charge in [0.2, 0.25) is 0 Å². The molecular weight excluding hydrogens is 274 g/mol. The number of nitrogens with one attached hydrogen (secondary N) is 1. The lowest BCUT2D eigenvalue weighted by Gasteiger charge is -2.26. The molecule has 0 saturated heterocycles. The monoisotopic (exact) mass is 297 g/mol. The number of sulfone groups is 1. The second kappa shape index (κ2) is 7.20. The van der Waals surface area contributed by atoms with Gasteiger partial charge in [0.15, 0.2) is 9.84 Å². The van der Waals surface area contributed by atoms with Crippen molar-refractivity contribution in [2.75, 3.05) is 26.0 Å². The third kappa shape index (κ3) is 3.81. The summed E-state index contributed by atoms with van der Waals surface area (Å²) in [7, 11) is -1.35. The molecule has 20 heavy (non-hydrogen) atoms. The van der Waals surface area contributed by atoms with Gasteiger partial charge < -0.3 is 10.1 Å². The molecule has 1 aliphatic rings. The van der Waals surface area contributed by atoms with E-state index in [0.29, 0.717) is 11.3 Å². The van der Waals surface area contributed by atoms with Crippen molar-refractivity contribution in [3.63, 3.8) is 0 Å². The van der Waals surface area contributed by atoms with Crippen molar-refractivity contribution >= 4 is 9.84 Å². The summed E-state index contributed by atoms with van der Waals surface area (Å²) in [4.78, 5) is 0.503. The number of hydrogen-bond donors (Lipinski definition) is 1. The summed E-state index contributed by atoms with van der Waals surface area (Å²) < 4.78 is 29.1. The number of benzene rings is 1. The highest BCUT2D eigenvalue weighted by atomic mass is 32.2. The maximum absolute atomic E-state index is 12.0. The van der Waals surface area contributed by atoms with Crippen molar-refractivity contribution in [2.24, 2.45) is 0 Å².